The van der Waals surface area contributed by atoms with Gasteiger partial charge in [0, 0.05) is 17.7 Å². The maximum absolute atomic E-state index is 12.6. The van der Waals surface area contributed by atoms with E-state index in [9.17, 15) is 23.3 Å². The molecule has 35 heavy (non-hydrogen) atoms. The van der Waals surface area contributed by atoms with Crippen LogP contribution in [0.3, 0.4) is 0 Å². The van der Waals surface area contributed by atoms with E-state index in [4.69, 9.17) is 4.18 Å². The fraction of sp³-hybridized carbons (Fsp3) is 0.0455. The SMILES string of the molecule is O=C(CSc1nc2ccccc2[nH]1)N/N=C\c1ccccc1OS(=O)(=O)c1ccc([N+](=O)[O-])cc1. The number of hydrazone groups is 1. The first-order valence-corrected chi connectivity index (χ1v) is 12.4. The lowest BCUT2D eigenvalue weighted by atomic mass is 10.2. The number of hydrogen-bond donors (Lipinski definition) is 2. The maximum atomic E-state index is 12.6. The number of hydrogen-bond acceptors (Lipinski definition) is 9. The molecule has 0 bridgehead atoms. The van der Waals surface area contributed by atoms with Crippen LogP contribution in [0.15, 0.2) is 87.9 Å². The molecule has 0 aliphatic heterocycles. The van der Waals surface area contributed by atoms with Crippen molar-refractivity contribution in [3.8, 4) is 5.75 Å². The first-order chi connectivity index (χ1) is 16.8. The number of amides is 1. The van der Waals surface area contributed by atoms with E-state index in [1.165, 1.54) is 24.0 Å². The second kappa shape index (κ2) is 10.4. The third-order valence-electron chi connectivity index (χ3n) is 4.56. The second-order valence-electron chi connectivity index (χ2n) is 6.97. The fourth-order valence-corrected chi connectivity index (χ4v) is 4.53. The van der Waals surface area contributed by atoms with Crippen molar-refractivity contribution in [2.24, 2.45) is 5.10 Å². The smallest absolute Gasteiger partial charge is 0.339 e. The standard InChI is InChI=1S/C22H17N5O6S2/c28-21(14-34-22-24-18-6-2-3-7-19(18)25-22)26-23-13-15-5-1-4-8-20(15)33-35(31,32)17-11-9-16(10-12-17)27(29)30/h1-13H,14H2,(H,24,25)(H,26,28)/b23-13-. The molecule has 178 valence electrons. The number of nitrogens with zero attached hydrogens (tertiary/aromatic N) is 3. The minimum atomic E-state index is -4.26. The lowest BCUT2D eigenvalue weighted by Gasteiger charge is -2.09. The average molecular weight is 512 g/mol. The van der Waals surface area contributed by atoms with Crippen LogP contribution in [0, 0.1) is 10.1 Å². The van der Waals surface area contributed by atoms with Crippen LogP contribution in [-0.2, 0) is 14.9 Å². The van der Waals surface area contributed by atoms with Gasteiger partial charge in [0.15, 0.2) is 10.9 Å². The van der Waals surface area contributed by atoms with E-state index in [0.717, 1.165) is 35.3 Å². The Bertz CT molecular complexity index is 1480. The molecule has 4 rings (SSSR count). The molecule has 0 fully saturated rings. The minimum Gasteiger partial charge on any atom is -0.378 e. The lowest BCUT2D eigenvalue weighted by Crippen LogP contribution is -2.19. The van der Waals surface area contributed by atoms with Crippen molar-refractivity contribution in [3.05, 3.63) is 88.5 Å². The molecule has 2 N–H and O–H groups in total. The number of nitro groups is 1. The minimum absolute atomic E-state index is 0.0273. The van der Waals surface area contributed by atoms with Gasteiger partial charge in [0.25, 0.3) is 11.6 Å². The summed E-state index contributed by atoms with van der Waals surface area (Å²) in [6.07, 6.45) is 1.25. The Kier molecular flexibility index (Phi) is 7.08. The molecule has 1 heterocycles. The number of benzene rings is 3. The summed E-state index contributed by atoms with van der Waals surface area (Å²) in [4.78, 5) is 29.5. The molecule has 13 heteroatoms. The molecular weight excluding hydrogens is 494 g/mol. The number of carbonyl (C=O) groups is 1. The van der Waals surface area contributed by atoms with E-state index in [1.807, 2.05) is 24.3 Å². The summed E-state index contributed by atoms with van der Waals surface area (Å²) in [5.41, 5.74) is 4.09. The quantitative estimate of drug-likeness (QED) is 0.114. The monoisotopic (exact) mass is 511 g/mol. The van der Waals surface area contributed by atoms with E-state index < -0.39 is 15.0 Å². The molecule has 0 aliphatic carbocycles. The van der Waals surface area contributed by atoms with Gasteiger partial charge in [-0.25, -0.2) is 10.4 Å². The number of thioether (sulfide) groups is 1. The topological polar surface area (TPSA) is 157 Å². The van der Waals surface area contributed by atoms with Gasteiger partial charge < -0.3 is 9.17 Å². The Balaban J connectivity index is 1.37. The van der Waals surface area contributed by atoms with Crippen LogP contribution in [0.5, 0.6) is 5.75 Å². The number of para-hydroxylation sites is 3. The molecule has 3 aromatic carbocycles. The van der Waals surface area contributed by atoms with Crippen molar-refractivity contribution in [1.82, 2.24) is 15.4 Å². The first-order valence-electron chi connectivity index (χ1n) is 9.99. The van der Waals surface area contributed by atoms with Gasteiger partial charge in [-0.3, -0.25) is 14.9 Å². The summed E-state index contributed by atoms with van der Waals surface area (Å²) in [5, 5.41) is 15.2. The number of aromatic nitrogens is 2. The van der Waals surface area contributed by atoms with Crippen molar-refractivity contribution in [3.63, 3.8) is 0 Å². The highest BCUT2D eigenvalue weighted by atomic mass is 32.2. The number of aromatic amines is 1. The Hall–Kier alpha value is -4.23. The van der Waals surface area contributed by atoms with E-state index in [1.54, 1.807) is 18.2 Å². The number of rotatable bonds is 9. The van der Waals surface area contributed by atoms with Crippen LogP contribution in [-0.4, -0.2) is 41.2 Å². The number of nitro benzene ring substituents is 1. The zero-order valence-electron chi connectivity index (χ0n) is 17.8. The molecule has 0 saturated heterocycles. The van der Waals surface area contributed by atoms with Gasteiger partial charge in [-0.2, -0.15) is 13.5 Å². The normalized spacial score (nSPS) is 11.5. The Morgan fingerprint density at radius 1 is 1.11 bits per heavy atom. The molecular formula is C22H17N5O6S2. The first kappa shape index (κ1) is 23.9. The van der Waals surface area contributed by atoms with Crippen molar-refractivity contribution in [1.29, 1.82) is 0 Å². The van der Waals surface area contributed by atoms with Gasteiger partial charge in [-0.15, -0.1) is 0 Å². The molecule has 0 spiro atoms. The summed E-state index contributed by atoms with van der Waals surface area (Å²) in [6.45, 7) is 0. The Morgan fingerprint density at radius 3 is 2.57 bits per heavy atom. The molecule has 0 aliphatic rings. The summed E-state index contributed by atoms with van der Waals surface area (Å²) < 4.78 is 30.4. The highest BCUT2D eigenvalue weighted by Crippen LogP contribution is 2.23. The van der Waals surface area contributed by atoms with E-state index in [-0.39, 0.29) is 28.0 Å². The largest absolute Gasteiger partial charge is 0.378 e. The fourth-order valence-electron chi connectivity index (χ4n) is 2.90. The number of non-ortho nitro benzene ring substituents is 1. The second-order valence-corrected chi connectivity index (χ2v) is 9.48. The number of imidazole rings is 1. The van der Waals surface area contributed by atoms with Crippen molar-refractivity contribution in [2.75, 3.05) is 5.75 Å². The Labute approximate surface area is 203 Å². The van der Waals surface area contributed by atoms with Crippen LogP contribution in [0.25, 0.3) is 11.0 Å². The van der Waals surface area contributed by atoms with Gasteiger partial charge >= 0.3 is 10.1 Å². The van der Waals surface area contributed by atoms with Gasteiger partial charge in [0.2, 0.25) is 0 Å². The number of carbonyl (C=O) groups excluding carboxylic acids is 1. The van der Waals surface area contributed by atoms with Gasteiger partial charge in [0.1, 0.15) is 4.90 Å². The zero-order valence-corrected chi connectivity index (χ0v) is 19.5. The van der Waals surface area contributed by atoms with Crippen LogP contribution >= 0.6 is 11.8 Å². The van der Waals surface area contributed by atoms with Gasteiger partial charge in [0.05, 0.1) is 27.9 Å². The van der Waals surface area contributed by atoms with Crippen molar-refractivity contribution in [2.45, 2.75) is 10.1 Å². The van der Waals surface area contributed by atoms with Gasteiger partial charge in [-0.05, 0) is 36.4 Å². The molecule has 1 amide bonds. The van der Waals surface area contributed by atoms with E-state index >= 15 is 0 Å². The number of nitrogens with one attached hydrogen (secondary N) is 2. The predicted octanol–water partition coefficient (Wildman–Crippen LogP) is 3.48. The van der Waals surface area contributed by atoms with Crippen LogP contribution in [0.4, 0.5) is 5.69 Å². The third kappa shape index (κ3) is 6.02. The van der Waals surface area contributed by atoms with Crippen LogP contribution < -0.4 is 9.61 Å². The highest BCUT2D eigenvalue weighted by molar-refractivity contribution is 7.99. The third-order valence-corrected chi connectivity index (χ3v) is 6.68. The van der Waals surface area contributed by atoms with Gasteiger partial charge in [-0.1, -0.05) is 36.0 Å². The van der Waals surface area contributed by atoms with E-state index in [0.29, 0.717) is 10.7 Å². The van der Waals surface area contributed by atoms with E-state index in [2.05, 4.69) is 20.5 Å². The molecule has 4 aromatic rings. The average Bonchev–Trinajstić information content (AvgIpc) is 3.27. The molecule has 0 atom stereocenters. The molecule has 0 saturated carbocycles. The summed E-state index contributed by atoms with van der Waals surface area (Å²) in [7, 11) is -4.26. The lowest BCUT2D eigenvalue weighted by molar-refractivity contribution is -0.384. The molecule has 0 radical (unpaired) electrons. The zero-order chi connectivity index (χ0) is 24.8. The Morgan fingerprint density at radius 2 is 1.83 bits per heavy atom. The van der Waals surface area contributed by atoms with Crippen molar-refractivity contribution >= 4 is 50.7 Å². The summed E-state index contributed by atoms with van der Waals surface area (Å²) >= 11 is 1.21. The molecule has 0 unspecified atom stereocenters. The predicted molar refractivity (Wildman–Crippen MR) is 130 cm³/mol. The maximum Gasteiger partial charge on any atom is 0.339 e. The van der Waals surface area contributed by atoms with Crippen LogP contribution in [0.2, 0.25) is 0 Å². The van der Waals surface area contributed by atoms with Crippen LogP contribution in [0.1, 0.15) is 5.56 Å². The number of H-pyrrole nitrogens is 1. The summed E-state index contributed by atoms with van der Waals surface area (Å²) in [6, 6.07) is 18.0. The van der Waals surface area contributed by atoms with Crippen molar-refractivity contribution < 1.29 is 22.3 Å². The molecule has 11 nitrogen and oxygen atoms in total. The highest BCUT2D eigenvalue weighted by Gasteiger charge is 2.19. The molecule has 1 aromatic heterocycles. The summed E-state index contributed by atoms with van der Waals surface area (Å²) in [5.74, 6) is -0.354. The number of fused-ring (bicyclic) bond motifs is 1.